The van der Waals surface area contributed by atoms with Crippen LogP contribution in [0.3, 0.4) is 0 Å². The van der Waals surface area contributed by atoms with Gasteiger partial charge in [-0.1, -0.05) is 20.8 Å². The van der Waals surface area contributed by atoms with Crippen LogP contribution in [-0.2, 0) is 6.42 Å². The van der Waals surface area contributed by atoms with Crippen LogP contribution in [0.25, 0.3) is 44.4 Å². The number of hydrogen-bond acceptors (Lipinski definition) is 4. The number of H-pyrrole nitrogens is 2. The molecule has 0 aliphatic carbocycles. The van der Waals surface area contributed by atoms with E-state index in [0.29, 0.717) is 11.0 Å². The van der Waals surface area contributed by atoms with E-state index in [9.17, 15) is 10.1 Å². The number of aryl methyl sites for hydroxylation is 1. The molecule has 0 atom stereocenters. The Kier molecular flexibility index (Phi) is 5.63. The highest BCUT2D eigenvalue weighted by atomic mass is 16.6. The van der Waals surface area contributed by atoms with Crippen LogP contribution >= 0.6 is 0 Å². The second-order valence-corrected chi connectivity index (χ2v) is 9.05. The monoisotopic (exact) mass is 467 g/mol. The highest BCUT2D eigenvalue weighted by Crippen LogP contribution is 2.35. The molecule has 0 amide bonds. The minimum atomic E-state index is -0.348. The summed E-state index contributed by atoms with van der Waals surface area (Å²) in [5, 5.41) is 11.9. The van der Waals surface area contributed by atoms with E-state index in [1.165, 1.54) is 5.56 Å². The second kappa shape index (κ2) is 8.65. The highest BCUT2D eigenvalue weighted by Gasteiger charge is 2.20. The van der Waals surface area contributed by atoms with E-state index >= 15 is 0 Å². The summed E-state index contributed by atoms with van der Waals surface area (Å²) < 4.78 is 0. The Balaban J connectivity index is 1.96. The van der Waals surface area contributed by atoms with Gasteiger partial charge in [0.2, 0.25) is 0 Å². The largest absolute Gasteiger partial charge is 0.355 e. The maximum absolute atomic E-state index is 11.9. The first-order valence-electron chi connectivity index (χ1n) is 12.1. The van der Waals surface area contributed by atoms with Crippen LogP contribution in [0.2, 0.25) is 0 Å². The third-order valence-corrected chi connectivity index (χ3v) is 7.01. The SMILES string of the molecule is CCC1=C(C)c2cc3cc(CC)c(cc4nc(cc5[nH]c(cc1n2)cc5[N+](=O)[O-])C(CC)=C4C)[nH]3. The van der Waals surface area contributed by atoms with Gasteiger partial charge >= 0.3 is 0 Å². The standard InChI is InChI=1S/C28H29N5O2/c1-6-17-9-18-10-22-15(4)20(7-2)25(31-22)11-19-12-28(33(34)35)27(30-19)14-26-21(8-3)16(5)23(32-26)13-24(17)29-18/h9-14,29-30H,6-8H2,1-5H3. The molecular formula is C28H29N5O2. The van der Waals surface area contributed by atoms with Gasteiger partial charge in [0.15, 0.2) is 0 Å². The number of aromatic nitrogens is 4. The van der Waals surface area contributed by atoms with Crippen LogP contribution < -0.4 is 0 Å². The summed E-state index contributed by atoms with van der Waals surface area (Å²) in [6.07, 6.45) is 2.50. The Hall–Kier alpha value is -4.00. The third-order valence-electron chi connectivity index (χ3n) is 7.01. The molecule has 2 aliphatic heterocycles. The van der Waals surface area contributed by atoms with Crippen LogP contribution in [0.4, 0.5) is 5.69 Å². The first-order valence-corrected chi connectivity index (χ1v) is 12.1. The van der Waals surface area contributed by atoms with Crippen molar-refractivity contribution in [3.63, 3.8) is 0 Å². The summed E-state index contributed by atoms with van der Waals surface area (Å²) in [6, 6.07) is 11.6. The number of rotatable bonds is 4. The lowest BCUT2D eigenvalue weighted by atomic mass is 10.0. The lowest BCUT2D eigenvalue weighted by Gasteiger charge is -1.99. The Morgan fingerprint density at radius 3 is 1.83 bits per heavy atom. The summed E-state index contributed by atoms with van der Waals surface area (Å²) in [4.78, 5) is 28.1. The quantitative estimate of drug-likeness (QED) is 0.307. The van der Waals surface area contributed by atoms with Crippen LogP contribution in [-0.4, -0.2) is 24.9 Å². The van der Waals surface area contributed by atoms with Crippen molar-refractivity contribution in [2.24, 2.45) is 0 Å². The molecule has 5 heterocycles. The van der Waals surface area contributed by atoms with Gasteiger partial charge in [-0.25, -0.2) is 9.97 Å². The van der Waals surface area contributed by atoms with Crippen molar-refractivity contribution < 1.29 is 4.92 Å². The average molecular weight is 468 g/mol. The van der Waals surface area contributed by atoms with Gasteiger partial charge < -0.3 is 9.97 Å². The molecule has 5 rings (SSSR count). The van der Waals surface area contributed by atoms with Crippen molar-refractivity contribution in [2.75, 3.05) is 0 Å². The molecular weight excluding hydrogens is 438 g/mol. The van der Waals surface area contributed by atoms with Crippen LogP contribution in [0, 0.1) is 10.1 Å². The third kappa shape index (κ3) is 3.87. The molecule has 3 aromatic heterocycles. The first-order chi connectivity index (χ1) is 16.8. The summed E-state index contributed by atoms with van der Waals surface area (Å²) >= 11 is 0. The number of nitro groups is 1. The van der Waals surface area contributed by atoms with Crippen molar-refractivity contribution in [2.45, 2.75) is 53.9 Å². The summed E-state index contributed by atoms with van der Waals surface area (Å²) in [6.45, 7) is 10.5. The van der Waals surface area contributed by atoms with E-state index in [2.05, 4.69) is 62.8 Å². The predicted molar refractivity (Wildman–Crippen MR) is 143 cm³/mol. The Labute approximate surface area is 203 Å². The molecule has 0 saturated heterocycles. The molecule has 0 fully saturated rings. The van der Waals surface area contributed by atoms with Gasteiger partial charge in [0, 0.05) is 22.6 Å². The van der Waals surface area contributed by atoms with Gasteiger partial charge in [0.25, 0.3) is 5.69 Å². The zero-order valence-electron chi connectivity index (χ0n) is 20.7. The molecule has 178 valence electrons. The van der Waals surface area contributed by atoms with E-state index in [0.717, 1.165) is 75.4 Å². The number of hydrogen-bond donors (Lipinski definition) is 2. The smallest absolute Gasteiger partial charge is 0.294 e. The first kappa shape index (κ1) is 22.8. The number of nitrogens with zero attached hydrogens (tertiary/aromatic N) is 3. The average Bonchev–Trinajstić information content (AvgIpc) is 3.55. The fourth-order valence-corrected chi connectivity index (χ4v) is 5.09. The number of aromatic amines is 2. The molecule has 2 N–H and O–H groups in total. The minimum Gasteiger partial charge on any atom is -0.355 e. The highest BCUT2D eigenvalue weighted by molar-refractivity contribution is 5.94. The number of nitrogens with one attached hydrogen (secondary N) is 2. The molecule has 0 saturated carbocycles. The molecule has 0 unspecified atom stereocenters. The maximum Gasteiger partial charge on any atom is 0.294 e. The topological polar surface area (TPSA) is 100 Å². The normalized spacial score (nSPS) is 13.6. The minimum absolute atomic E-state index is 0.0313. The van der Waals surface area contributed by atoms with Crippen LogP contribution in [0.1, 0.15) is 75.8 Å². The molecule has 2 aliphatic rings. The van der Waals surface area contributed by atoms with E-state index in [1.807, 2.05) is 6.07 Å². The van der Waals surface area contributed by atoms with Gasteiger partial charge in [-0.15, -0.1) is 0 Å². The fraction of sp³-hybridized carbons (Fsp3) is 0.286. The lowest BCUT2D eigenvalue weighted by Crippen LogP contribution is -1.86. The fourth-order valence-electron chi connectivity index (χ4n) is 5.09. The molecule has 0 spiro atoms. The van der Waals surface area contributed by atoms with Crippen molar-refractivity contribution in [1.82, 2.24) is 19.9 Å². The lowest BCUT2D eigenvalue weighted by molar-refractivity contribution is -0.382. The van der Waals surface area contributed by atoms with Crippen LogP contribution in [0.15, 0.2) is 36.4 Å². The van der Waals surface area contributed by atoms with E-state index in [4.69, 9.17) is 9.97 Å². The van der Waals surface area contributed by atoms with Gasteiger partial charge in [0.05, 0.1) is 27.7 Å². The van der Waals surface area contributed by atoms with Gasteiger partial charge in [0.1, 0.15) is 5.52 Å². The molecule has 0 aromatic carbocycles. The number of allylic oxidation sites excluding steroid dienone is 4. The molecule has 7 heteroatoms. The van der Waals surface area contributed by atoms with Gasteiger partial charge in [-0.3, -0.25) is 10.1 Å². The zero-order valence-corrected chi connectivity index (χ0v) is 20.7. The molecule has 35 heavy (non-hydrogen) atoms. The molecule has 7 nitrogen and oxygen atoms in total. The van der Waals surface area contributed by atoms with Crippen molar-refractivity contribution in [3.05, 3.63) is 74.9 Å². The Bertz CT molecular complexity index is 1600. The van der Waals surface area contributed by atoms with E-state index < -0.39 is 0 Å². The van der Waals surface area contributed by atoms with Crippen LogP contribution in [0.5, 0.6) is 0 Å². The summed E-state index contributed by atoms with van der Waals surface area (Å²) in [5.74, 6) is 0. The number of fused-ring (bicyclic) bond motifs is 8. The Morgan fingerprint density at radius 2 is 1.23 bits per heavy atom. The zero-order chi connectivity index (χ0) is 24.9. The van der Waals surface area contributed by atoms with Gasteiger partial charge in [-0.05, 0) is 91.3 Å². The predicted octanol–water partition coefficient (Wildman–Crippen LogP) is 7.47. The van der Waals surface area contributed by atoms with Gasteiger partial charge in [-0.2, -0.15) is 0 Å². The van der Waals surface area contributed by atoms with Crippen molar-refractivity contribution in [3.8, 4) is 0 Å². The maximum atomic E-state index is 11.9. The second-order valence-electron chi connectivity index (χ2n) is 9.05. The van der Waals surface area contributed by atoms with E-state index in [1.54, 1.807) is 12.1 Å². The van der Waals surface area contributed by atoms with E-state index in [-0.39, 0.29) is 10.6 Å². The summed E-state index contributed by atoms with van der Waals surface area (Å²) in [5.41, 5.74) is 12.2. The van der Waals surface area contributed by atoms with Crippen molar-refractivity contribution >= 4 is 50.0 Å². The Morgan fingerprint density at radius 1 is 0.714 bits per heavy atom. The molecule has 0 radical (unpaired) electrons. The summed E-state index contributed by atoms with van der Waals surface area (Å²) in [7, 11) is 0. The molecule has 8 bridgehead atoms. The molecule has 3 aromatic rings. The van der Waals surface area contributed by atoms with Crippen molar-refractivity contribution in [1.29, 1.82) is 0 Å².